The Labute approximate surface area is 186 Å². The number of hydrogen-bond acceptors (Lipinski definition) is 3. The monoisotopic (exact) mass is 424 g/mol. The highest BCUT2D eigenvalue weighted by molar-refractivity contribution is 5.91. The van der Waals surface area contributed by atoms with E-state index in [1.54, 1.807) is 4.68 Å². The first kappa shape index (κ1) is 21.1. The largest absolute Gasteiger partial charge is 0.355 e. The molecule has 4 rings (SSSR count). The quantitative estimate of drug-likeness (QED) is 0.445. The second kappa shape index (κ2) is 10.2. The van der Waals surface area contributed by atoms with Crippen LogP contribution in [0.15, 0.2) is 97.1 Å². The Hall–Kier alpha value is -4.19. The third-order valence-electron chi connectivity index (χ3n) is 4.93. The number of para-hydroxylation sites is 1. The van der Waals surface area contributed by atoms with Crippen LogP contribution in [0.2, 0.25) is 0 Å². The molecule has 0 aliphatic carbocycles. The van der Waals surface area contributed by atoms with Crippen molar-refractivity contribution < 1.29 is 9.59 Å². The van der Waals surface area contributed by atoms with E-state index in [1.165, 1.54) is 0 Å². The first-order valence-corrected chi connectivity index (χ1v) is 10.5. The summed E-state index contributed by atoms with van der Waals surface area (Å²) in [6.07, 6.45) is 0.463. The zero-order valence-corrected chi connectivity index (χ0v) is 17.6. The maximum atomic E-state index is 12.6. The minimum Gasteiger partial charge on any atom is -0.355 e. The molecule has 0 unspecified atom stereocenters. The van der Waals surface area contributed by atoms with Gasteiger partial charge in [-0.15, -0.1) is 0 Å². The van der Waals surface area contributed by atoms with Gasteiger partial charge in [-0.05, 0) is 17.7 Å². The van der Waals surface area contributed by atoms with E-state index in [1.807, 2.05) is 97.1 Å². The molecule has 32 heavy (non-hydrogen) atoms. The summed E-state index contributed by atoms with van der Waals surface area (Å²) in [6.45, 7) is 0.266. The van der Waals surface area contributed by atoms with E-state index in [4.69, 9.17) is 5.10 Å². The minimum atomic E-state index is -0.193. The first-order chi connectivity index (χ1) is 15.7. The molecular weight excluding hydrogens is 400 g/mol. The second-order valence-electron chi connectivity index (χ2n) is 7.34. The molecule has 0 aliphatic rings. The predicted octanol–water partition coefficient (Wildman–Crippen LogP) is 4.23. The minimum absolute atomic E-state index is 0.107. The van der Waals surface area contributed by atoms with Crippen molar-refractivity contribution >= 4 is 17.6 Å². The molecule has 0 spiro atoms. The summed E-state index contributed by atoms with van der Waals surface area (Å²) in [5.74, 6) is 0.280. The van der Waals surface area contributed by atoms with Gasteiger partial charge in [-0.3, -0.25) is 9.59 Å². The highest BCUT2D eigenvalue weighted by atomic mass is 16.2. The van der Waals surface area contributed by atoms with Crippen LogP contribution in [-0.4, -0.2) is 28.1 Å². The fourth-order valence-electron chi connectivity index (χ4n) is 3.35. The molecule has 0 saturated heterocycles. The fraction of sp³-hybridized carbons (Fsp3) is 0.115. The zero-order chi connectivity index (χ0) is 22.2. The van der Waals surface area contributed by atoms with E-state index >= 15 is 0 Å². The third kappa shape index (κ3) is 5.49. The fourth-order valence-corrected chi connectivity index (χ4v) is 3.35. The van der Waals surface area contributed by atoms with Crippen molar-refractivity contribution in [2.24, 2.45) is 0 Å². The van der Waals surface area contributed by atoms with Crippen LogP contribution in [0.1, 0.15) is 12.0 Å². The Morgan fingerprint density at radius 2 is 1.41 bits per heavy atom. The lowest BCUT2D eigenvalue weighted by Crippen LogP contribution is -2.29. The van der Waals surface area contributed by atoms with Crippen LogP contribution in [0.5, 0.6) is 0 Å². The van der Waals surface area contributed by atoms with Gasteiger partial charge in [0.25, 0.3) is 0 Å². The number of carbonyl (C=O) groups excluding carboxylic acids is 2. The summed E-state index contributed by atoms with van der Waals surface area (Å²) in [5.41, 5.74) is 3.52. The predicted molar refractivity (Wildman–Crippen MR) is 125 cm³/mol. The van der Waals surface area contributed by atoms with Crippen LogP contribution >= 0.6 is 0 Å². The van der Waals surface area contributed by atoms with Crippen molar-refractivity contribution in [2.75, 3.05) is 11.9 Å². The average molecular weight is 425 g/mol. The van der Waals surface area contributed by atoms with Crippen molar-refractivity contribution in [3.63, 3.8) is 0 Å². The van der Waals surface area contributed by atoms with Crippen molar-refractivity contribution in [3.05, 3.63) is 103 Å². The summed E-state index contributed by atoms with van der Waals surface area (Å²) in [6, 6.07) is 30.8. The van der Waals surface area contributed by atoms with E-state index < -0.39 is 0 Å². The molecule has 160 valence electrons. The molecule has 4 aromatic rings. The summed E-state index contributed by atoms with van der Waals surface area (Å²) in [4.78, 5) is 24.7. The van der Waals surface area contributed by atoms with Gasteiger partial charge in [-0.2, -0.15) is 5.10 Å². The van der Waals surface area contributed by atoms with E-state index in [2.05, 4.69) is 10.6 Å². The Kier molecular flexibility index (Phi) is 6.72. The lowest BCUT2D eigenvalue weighted by atomic mass is 10.1. The van der Waals surface area contributed by atoms with Gasteiger partial charge in [-0.1, -0.05) is 78.9 Å². The molecule has 6 heteroatoms. The smallest absolute Gasteiger partial charge is 0.227 e. The lowest BCUT2D eigenvalue weighted by molar-refractivity contribution is -0.120. The molecule has 6 nitrogen and oxygen atoms in total. The van der Waals surface area contributed by atoms with Gasteiger partial charge in [-0.25, -0.2) is 4.68 Å². The number of rotatable bonds is 8. The maximum Gasteiger partial charge on any atom is 0.227 e. The number of hydrogen-bond donors (Lipinski definition) is 2. The molecule has 0 atom stereocenters. The number of nitrogens with zero attached hydrogens (tertiary/aromatic N) is 2. The summed E-state index contributed by atoms with van der Waals surface area (Å²) in [5, 5.41) is 10.4. The molecular formula is C26H24N4O2. The summed E-state index contributed by atoms with van der Waals surface area (Å²) >= 11 is 0. The molecule has 2 amide bonds. The molecule has 1 heterocycles. The van der Waals surface area contributed by atoms with Crippen molar-refractivity contribution in [1.29, 1.82) is 0 Å². The van der Waals surface area contributed by atoms with Crippen LogP contribution in [0.3, 0.4) is 0 Å². The van der Waals surface area contributed by atoms with Gasteiger partial charge in [0.15, 0.2) is 0 Å². The van der Waals surface area contributed by atoms with Crippen LogP contribution in [0.4, 0.5) is 5.82 Å². The topological polar surface area (TPSA) is 76.0 Å². The lowest BCUT2D eigenvalue weighted by Gasteiger charge is -2.09. The van der Waals surface area contributed by atoms with Crippen LogP contribution in [0.25, 0.3) is 16.9 Å². The van der Waals surface area contributed by atoms with Crippen molar-refractivity contribution in [2.45, 2.75) is 12.8 Å². The van der Waals surface area contributed by atoms with Crippen molar-refractivity contribution in [1.82, 2.24) is 15.1 Å². The summed E-state index contributed by atoms with van der Waals surface area (Å²) < 4.78 is 1.72. The molecule has 0 aliphatic heterocycles. The second-order valence-corrected chi connectivity index (χ2v) is 7.34. The molecule has 0 fully saturated rings. The van der Waals surface area contributed by atoms with Gasteiger partial charge in [0.2, 0.25) is 11.8 Å². The Morgan fingerprint density at radius 1 is 0.781 bits per heavy atom. The molecule has 2 N–H and O–H groups in total. The molecule has 0 radical (unpaired) electrons. The third-order valence-corrected chi connectivity index (χ3v) is 4.93. The number of anilines is 1. The first-order valence-electron chi connectivity index (χ1n) is 10.5. The SMILES string of the molecule is O=C(Cc1ccccc1)NCCC(=O)Nc1cc(-c2ccccc2)nn1-c1ccccc1. The van der Waals surface area contributed by atoms with Gasteiger partial charge < -0.3 is 10.6 Å². The van der Waals surface area contributed by atoms with Gasteiger partial charge in [0.05, 0.1) is 17.8 Å². The molecule has 1 aromatic heterocycles. The Morgan fingerprint density at radius 3 is 2.09 bits per heavy atom. The number of nitrogens with one attached hydrogen (secondary N) is 2. The van der Waals surface area contributed by atoms with Crippen LogP contribution in [0, 0.1) is 0 Å². The normalized spacial score (nSPS) is 10.5. The number of benzene rings is 3. The number of carbonyl (C=O) groups is 2. The molecule has 0 bridgehead atoms. The standard InChI is InChI=1S/C26H24N4O2/c31-25(16-17-27-26(32)18-20-10-4-1-5-11-20)28-24-19-23(21-12-6-2-7-13-21)29-30(24)22-14-8-3-9-15-22/h1-15,19H,16-18H2,(H,27,32)(H,28,31). The van der Waals surface area contributed by atoms with E-state index in [-0.39, 0.29) is 24.8 Å². The van der Waals surface area contributed by atoms with Crippen LogP contribution < -0.4 is 10.6 Å². The Bertz CT molecular complexity index is 1170. The number of aromatic nitrogens is 2. The van der Waals surface area contributed by atoms with Gasteiger partial charge in [0, 0.05) is 24.6 Å². The Balaban J connectivity index is 1.41. The van der Waals surface area contributed by atoms with Crippen molar-refractivity contribution in [3.8, 4) is 16.9 Å². The average Bonchev–Trinajstić information content (AvgIpc) is 3.24. The van der Waals surface area contributed by atoms with Gasteiger partial charge in [0.1, 0.15) is 5.82 Å². The van der Waals surface area contributed by atoms with Crippen LogP contribution in [-0.2, 0) is 16.0 Å². The number of amides is 2. The van der Waals surface area contributed by atoms with E-state index in [0.717, 1.165) is 22.5 Å². The highest BCUT2D eigenvalue weighted by Crippen LogP contribution is 2.24. The zero-order valence-electron chi connectivity index (χ0n) is 17.6. The van der Waals surface area contributed by atoms with E-state index in [9.17, 15) is 9.59 Å². The maximum absolute atomic E-state index is 12.6. The van der Waals surface area contributed by atoms with E-state index in [0.29, 0.717) is 12.2 Å². The highest BCUT2D eigenvalue weighted by Gasteiger charge is 2.14. The summed E-state index contributed by atoms with van der Waals surface area (Å²) in [7, 11) is 0. The van der Waals surface area contributed by atoms with Gasteiger partial charge >= 0.3 is 0 Å². The molecule has 3 aromatic carbocycles. The molecule has 0 saturated carbocycles.